The van der Waals surface area contributed by atoms with Gasteiger partial charge in [-0.1, -0.05) is 0 Å². The maximum Gasteiger partial charge on any atom is 0.194 e. The zero-order chi connectivity index (χ0) is 13.2. The molecule has 1 atom stereocenters. The molecule has 0 aliphatic rings. The van der Waals surface area contributed by atoms with Gasteiger partial charge in [0, 0.05) is 12.1 Å². The number of rotatable bonds is 3. The Bertz CT molecular complexity index is 378. The van der Waals surface area contributed by atoms with E-state index in [4.69, 9.17) is 0 Å². The van der Waals surface area contributed by atoms with E-state index in [9.17, 15) is 18.3 Å². The molecule has 0 fully saturated rings. The summed E-state index contributed by atoms with van der Waals surface area (Å²) in [5.41, 5.74) is -0.212. The molecular weight excluding hydrogens is 231 g/mol. The Morgan fingerprint density at radius 3 is 2.06 bits per heavy atom. The molecule has 5 heteroatoms. The van der Waals surface area contributed by atoms with Crippen molar-refractivity contribution in [3.63, 3.8) is 0 Å². The number of benzene rings is 1. The molecule has 0 aliphatic carbocycles. The maximum atomic E-state index is 12.9. The van der Waals surface area contributed by atoms with E-state index in [2.05, 4.69) is 5.32 Å². The fourth-order valence-electron chi connectivity index (χ4n) is 1.29. The third kappa shape index (κ3) is 4.02. The lowest BCUT2D eigenvalue weighted by molar-refractivity contribution is 0.162. The van der Waals surface area contributed by atoms with Gasteiger partial charge in [-0.15, -0.1) is 0 Å². The molecule has 2 N–H and O–H groups in total. The van der Waals surface area contributed by atoms with Crippen LogP contribution in [0.1, 0.15) is 32.4 Å². The summed E-state index contributed by atoms with van der Waals surface area (Å²) in [6, 6.07) is 1.60. The van der Waals surface area contributed by atoms with Gasteiger partial charge in [-0.05, 0) is 38.5 Å². The maximum absolute atomic E-state index is 12.9. The second-order valence-corrected chi connectivity index (χ2v) is 4.95. The lowest BCUT2D eigenvalue weighted by Gasteiger charge is -2.23. The molecule has 17 heavy (non-hydrogen) atoms. The summed E-state index contributed by atoms with van der Waals surface area (Å²) >= 11 is 0. The van der Waals surface area contributed by atoms with Crippen molar-refractivity contribution < 1.29 is 18.3 Å². The van der Waals surface area contributed by atoms with Gasteiger partial charge in [0.05, 0.1) is 6.10 Å². The zero-order valence-corrected chi connectivity index (χ0v) is 10.0. The third-order valence-corrected chi connectivity index (χ3v) is 2.22. The molecule has 1 aromatic carbocycles. The van der Waals surface area contributed by atoms with Crippen LogP contribution in [0.2, 0.25) is 0 Å². The van der Waals surface area contributed by atoms with Crippen molar-refractivity contribution in [2.24, 2.45) is 0 Å². The predicted molar refractivity (Wildman–Crippen MR) is 59.0 cm³/mol. The number of hydrogen-bond acceptors (Lipinski definition) is 2. The largest absolute Gasteiger partial charge is 0.387 e. The second kappa shape index (κ2) is 5.06. The predicted octanol–water partition coefficient (Wildman–Crippen LogP) is 2.53. The SMILES string of the molecule is CC(C)(C)NCC(O)c1cc(F)c(F)c(F)c1. The van der Waals surface area contributed by atoms with E-state index in [-0.39, 0.29) is 17.6 Å². The Morgan fingerprint density at radius 1 is 1.18 bits per heavy atom. The zero-order valence-electron chi connectivity index (χ0n) is 10.0. The summed E-state index contributed by atoms with van der Waals surface area (Å²) in [5.74, 6) is -4.12. The number of hydrogen-bond donors (Lipinski definition) is 2. The van der Waals surface area contributed by atoms with Crippen molar-refractivity contribution >= 4 is 0 Å². The van der Waals surface area contributed by atoms with Gasteiger partial charge in [0.25, 0.3) is 0 Å². The molecule has 0 amide bonds. The molecule has 96 valence electrons. The van der Waals surface area contributed by atoms with E-state index in [0.717, 1.165) is 12.1 Å². The number of aliphatic hydroxyl groups is 1. The minimum atomic E-state index is -1.52. The van der Waals surface area contributed by atoms with E-state index < -0.39 is 23.6 Å². The lowest BCUT2D eigenvalue weighted by Crippen LogP contribution is -2.38. The van der Waals surface area contributed by atoms with Crippen molar-refractivity contribution in [1.29, 1.82) is 0 Å². The van der Waals surface area contributed by atoms with Gasteiger partial charge in [-0.3, -0.25) is 0 Å². The Balaban J connectivity index is 2.79. The first-order chi connectivity index (χ1) is 7.70. The first-order valence-corrected chi connectivity index (χ1v) is 5.28. The molecule has 1 aromatic rings. The normalized spacial score (nSPS) is 13.8. The van der Waals surface area contributed by atoms with Crippen LogP contribution in [-0.2, 0) is 0 Å². The summed E-state index contributed by atoms with van der Waals surface area (Å²) in [6.07, 6.45) is -1.08. The molecule has 0 saturated heterocycles. The Labute approximate surface area is 98.5 Å². The van der Waals surface area contributed by atoms with Crippen LogP contribution >= 0.6 is 0 Å². The number of aliphatic hydroxyl groups excluding tert-OH is 1. The van der Waals surface area contributed by atoms with E-state index in [1.807, 2.05) is 20.8 Å². The van der Waals surface area contributed by atoms with Crippen LogP contribution in [0.4, 0.5) is 13.2 Å². The Morgan fingerprint density at radius 2 is 1.65 bits per heavy atom. The Kier molecular flexibility index (Phi) is 4.16. The monoisotopic (exact) mass is 247 g/mol. The van der Waals surface area contributed by atoms with Crippen LogP contribution in [0.5, 0.6) is 0 Å². The smallest absolute Gasteiger partial charge is 0.194 e. The van der Waals surface area contributed by atoms with Crippen LogP contribution in [0, 0.1) is 17.5 Å². The quantitative estimate of drug-likeness (QED) is 0.804. The summed E-state index contributed by atoms with van der Waals surface area (Å²) < 4.78 is 38.6. The van der Waals surface area contributed by atoms with Gasteiger partial charge < -0.3 is 10.4 Å². The van der Waals surface area contributed by atoms with E-state index in [0.29, 0.717) is 0 Å². The molecule has 1 rings (SSSR count). The minimum Gasteiger partial charge on any atom is -0.387 e. The first kappa shape index (κ1) is 14.0. The van der Waals surface area contributed by atoms with Gasteiger partial charge in [-0.25, -0.2) is 13.2 Å². The average molecular weight is 247 g/mol. The van der Waals surface area contributed by atoms with E-state index >= 15 is 0 Å². The average Bonchev–Trinajstić information content (AvgIpc) is 2.20. The molecule has 1 unspecified atom stereocenters. The fraction of sp³-hybridized carbons (Fsp3) is 0.500. The molecular formula is C12H16F3NO. The molecule has 0 heterocycles. The van der Waals surface area contributed by atoms with Crippen LogP contribution in [-0.4, -0.2) is 17.2 Å². The second-order valence-electron chi connectivity index (χ2n) is 4.95. The number of β-amino-alcohol motifs (C(OH)–C–C–N with tert-alkyl or cyclic N) is 1. The first-order valence-electron chi connectivity index (χ1n) is 5.28. The lowest BCUT2D eigenvalue weighted by atomic mass is 10.1. The topological polar surface area (TPSA) is 32.3 Å². The molecule has 0 radical (unpaired) electrons. The highest BCUT2D eigenvalue weighted by atomic mass is 19.2. The third-order valence-electron chi connectivity index (χ3n) is 2.22. The van der Waals surface area contributed by atoms with Crippen LogP contribution < -0.4 is 5.32 Å². The van der Waals surface area contributed by atoms with Gasteiger partial charge in [0.1, 0.15) is 0 Å². The van der Waals surface area contributed by atoms with E-state index in [1.54, 1.807) is 0 Å². The highest BCUT2D eigenvalue weighted by molar-refractivity contribution is 5.21. The van der Waals surface area contributed by atoms with Gasteiger partial charge in [-0.2, -0.15) is 0 Å². The van der Waals surface area contributed by atoms with Crippen molar-refractivity contribution in [3.8, 4) is 0 Å². The summed E-state index contributed by atoms with van der Waals surface area (Å²) in [6.45, 7) is 5.82. The molecule has 0 saturated carbocycles. The van der Waals surface area contributed by atoms with Crippen molar-refractivity contribution in [2.45, 2.75) is 32.4 Å². The number of halogens is 3. The molecule has 2 nitrogen and oxygen atoms in total. The van der Waals surface area contributed by atoms with Crippen molar-refractivity contribution in [1.82, 2.24) is 5.32 Å². The highest BCUT2D eigenvalue weighted by Crippen LogP contribution is 2.19. The number of nitrogens with one attached hydrogen (secondary N) is 1. The Hall–Kier alpha value is -1.07. The summed E-state index contributed by atoms with van der Waals surface area (Å²) in [7, 11) is 0. The van der Waals surface area contributed by atoms with Crippen molar-refractivity contribution in [3.05, 3.63) is 35.1 Å². The highest BCUT2D eigenvalue weighted by Gasteiger charge is 2.17. The van der Waals surface area contributed by atoms with Gasteiger partial charge in [0.2, 0.25) is 0 Å². The minimum absolute atomic E-state index is 0.0122. The fourth-order valence-corrected chi connectivity index (χ4v) is 1.29. The summed E-state index contributed by atoms with van der Waals surface area (Å²) in [4.78, 5) is 0. The van der Waals surface area contributed by atoms with Crippen LogP contribution in [0.3, 0.4) is 0 Å². The van der Waals surface area contributed by atoms with Crippen LogP contribution in [0.25, 0.3) is 0 Å². The van der Waals surface area contributed by atoms with Crippen molar-refractivity contribution in [2.75, 3.05) is 6.54 Å². The van der Waals surface area contributed by atoms with Crippen LogP contribution in [0.15, 0.2) is 12.1 Å². The standard InChI is InChI=1S/C12H16F3NO/c1-12(2,3)16-6-10(17)7-4-8(13)11(15)9(14)5-7/h4-5,10,16-17H,6H2,1-3H3. The molecule has 0 aromatic heterocycles. The summed E-state index contributed by atoms with van der Waals surface area (Å²) in [5, 5.41) is 12.7. The molecule has 0 aliphatic heterocycles. The molecule has 0 bridgehead atoms. The van der Waals surface area contributed by atoms with Gasteiger partial charge in [0.15, 0.2) is 17.5 Å². The molecule has 0 spiro atoms. The van der Waals surface area contributed by atoms with E-state index in [1.165, 1.54) is 0 Å². The van der Waals surface area contributed by atoms with Gasteiger partial charge >= 0.3 is 0 Å².